The highest BCUT2D eigenvalue weighted by atomic mass is 16.5. The summed E-state index contributed by atoms with van der Waals surface area (Å²) in [7, 11) is 0. The van der Waals surface area contributed by atoms with Crippen LogP contribution in [-0.2, 0) is 9.53 Å². The zero-order chi connectivity index (χ0) is 21.1. The summed E-state index contributed by atoms with van der Waals surface area (Å²) in [4.78, 5) is 32.0. The van der Waals surface area contributed by atoms with Gasteiger partial charge in [0.2, 0.25) is 0 Å². The van der Waals surface area contributed by atoms with Gasteiger partial charge in [-0.2, -0.15) is 0 Å². The van der Waals surface area contributed by atoms with E-state index in [-0.39, 0.29) is 12.5 Å². The summed E-state index contributed by atoms with van der Waals surface area (Å²) in [6.07, 6.45) is 2.14. The largest absolute Gasteiger partial charge is 0.452 e. The molecule has 1 aliphatic rings. The minimum atomic E-state index is -0.537. The molecule has 0 atom stereocenters. The van der Waals surface area contributed by atoms with Gasteiger partial charge in [0.15, 0.2) is 6.61 Å². The molecule has 1 aliphatic heterocycles. The Bertz CT molecular complexity index is 1100. The van der Waals surface area contributed by atoms with Gasteiger partial charge < -0.3 is 15.0 Å². The van der Waals surface area contributed by atoms with E-state index in [4.69, 9.17) is 9.72 Å². The van der Waals surface area contributed by atoms with E-state index in [0.29, 0.717) is 17.1 Å². The lowest BCUT2D eigenvalue weighted by Gasteiger charge is -2.20. The number of nitrogens with one attached hydrogen (secondary N) is 1. The number of rotatable bonds is 5. The number of esters is 1. The summed E-state index contributed by atoms with van der Waals surface area (Å²) in [6, 6.07) is 15.2. The highest BCUT2D eigenvalue weighted by Gasteiger charge is 2.23. The summed E-state index contributed by atoms with van der Waals surface area (Å²) in [5, 5.41) is 3.64. The molecule has 2 heterocycles. The molecule has 1 amide bonds. The van der Waals surface area contributed by atoms with Crippen molar-refractivity contribution >= 4 is 34.3 Å². The van der Waals surface area contributed by atoms with Gasteiger partial charge in [0.25, 0.3) is 5.91 Å². The Balaban J connectivity index is 1.50. The fraction of sp³-hybridized carbons (Fsp3) is 0.292. The van der Waals surface area contributed by atoms with Gasteiger partial charge in [-0.05, 0) is 62.1 Å². The second-order valence-corrected chi connectivity index (χ2v) is 7.67. The van der Waals surface area contributed by atoms with E-state index in [1.54, 1.807) is 6.07 Å². The Labute approximate surface area is 175 Å². The number of para-hydroxylation sites is 1. The van der Waals surface area contributed by atoms with Gasteiger partial charge in [-0.25, -0.2) is 9.78 Å². The lowest BCUT2D eigenvalue weighted by atomic mass is 10.1. The molecule has 0 unspecified atom stereocenters. The molecule has 0 radical (unpaired) electrons. The van der Waals surface area contributed by atoms with Crippen molar-refractivity contribution in [1.82, 2.24) is 4.98 Å². The lowest BCUT2D eigenvalue weighted by molar-refractivity contribution is -0.119. The molecule has 3 aromatic rings. The molecule has 0 bridgehead atoms. The monoisotopic (exact) mass is 403 g/mol. The van der Waals surface area contributed by atoms with Crippen LogP contribution in [0.25, 0.3) is 10.9 Å². The predicted octanol–water partition coefficient (Wildman–Crippen LogP) is 4.25. The molecular weight excluding hydrogens is 378 g/mol. The molecule has 154 valence electrons. The Kier molecular flexibility index (Phi) is 5.65. The van der Waals surface area contributed by atoms with Gasteiger partial charge in [0, 0.05) is 24.2 Å². The van der Waals surface area contributed by atoms with Crippen LogP contribution in [0.2, 0.25) is 0 Å². The van der Waals surface area contributed by atoms with Gasteiger partial charge >= 0.3 is 5.97 Å². The van der Waals surface area contributed by atoms with Crippen LogP contribution in [0.4, 0.5) is 11.5 Å². The number of pyridine rings is 1. The highest BCUT2D eigenvalue weighted by molar-refractivity contribution is 6.01. The molecule has 0 spiro atoms. The fourth-order valence-electron chi connectivity index (χ4n) is 3.65. The van der Waals surface area contributed by atoms with E-state index in [0.717, 1.165) is 48.0 Å². The van der Waals surface area contributed by atoms with Crippen LogP contribution in [-0.4, -0.2) is 36.6 Å². The van der Waals surface area contributed by atoms with Crippen molar-refractivity contribution in [2.75, 3.05) is 29.9 Å². The zero-order valence-electron chi connectivity index (χ0n) is 17.3. The molecule has 0 saturated carbocycles. The third-order valence-electron chi connectivity index (χ3n) is 5.45. The Morgan fingerprint density at radius 3 is 2.57 bits per heavy atom. The first kappa shape index (κ1) is 19.9. The maximum absolute atomic E-state index is 12.9. The van der Waals surface area contributed by atoms with Crippen LogP contribution in [0.5, 0.6) is 0 Å². The molecule has 30 heavy (non-hydrogen) atoms. The number of aryl methyl sites for hydroxylation is 2. The van der Waals surface area contributed by atoms with Gasteiger partial charge in [-0.15, -0.1) is 0 Å². The van der Waals surface area contributed by atoms with E-state index in [1.165, 1.54) is 0 Å². The van der Waals surface area contributed by atoms with Crippen LogP contribution in [0.1, 0.15) is 34.3 Å². The second-order valence-electron chi connectivity index (χ2n) is 7.67. The predicted molar refractivity (Wildman–Crippen MR) is 118 cm³/mol. The van der Waals surface area contributed by atoms with Crippen LogP contribution in [0.15, 0.2) is 48.5 Å². The average molecular weight is 403 g/mol. The average Bonchev–Trinajstić information content (AvgIpc) is 3.28. The number of amides is 1. The quantitative estimate of drug-likeness (QED) is 0.645. The number of nitrogens with zero attached hydrogens (tertiary/aromatic N) is 2. The lowest BCUT2D eigenvalue weighted by Crippen LogP contribution is -2.25. The smallest absolute Gasteiger partial charge is 0.342 e. The van der Waals surface area contributed by atoms with Crippen molar-refractivity contribution in [2.24, 2.45) is 0 Å². The Hall–Kier alpha value is -3.41. The van der Waals surface area contributed by atoms with Crippen molar-refractivity contribution in [3.8, 4) is 0 Å². The van der Waals surface area contributed by atoms with Crippen molar-refractivity contribution in [1.29, 1.82) is 0 Å². The second kappa shape index (κ2) is 8.53. The van der Waals surface area contributed by atoms with Crippen molar-refractivity contribution in [3.63, 3.8) is 0 Å². The van der Waals surface area contributed by atoms with Crippen molar-refractivity contribution < 1.29 is 14.3 Å². The van der Waals surface area contributed by atoms with Crippen molar-refractivity contribution in [3.05, 3.63) is 65.2 Å². The summed E-state index contributed by atoms with van der Waals surface area (Å²) in [6.45, 7) is 5.37. The number of aromatic nitrogens is 1. The fourth-order valence-corrected chi connectivity index (χ4v) is 3.65. The third-order valence-corrected chi connectivity index (χ3v) is 5.45. The topological polar surface area (TPSA) is 71.5 Å². The van der Waals surface area contributed by atoms with Crippen LogP contribution in [0, 0.1) is 13.8 Å². The molecule has 1 N–H and O–H groups in total. The van der Waals surface area contributed by atoms with E-state index in [2.05, 4.69) is 10.2 Å². The Morgan fingerprint density at radius 2 is 1.80 bits per heavy atom. The number of hydrogen-bond acceptors (Lipinski definition) is 5. The van der Waals surface area contributed by atoms with Crippen LogP contribution in [0.3, 0.4) is 0 Å². The molecule has 2 aromatic carbocycles. The zero-order valence-corrected chi connectivity index (χ0v) is 17.3. The summed E-state index contributed by atoms with van der Waals surface area (Å²) >= 11 is 0. The standard InChI is InChI=1S/C24H25N3O3/c1-16-9-10-19(13-17(16)2)25-22(28)15-30-24(29)20-14-18-7-3-4-8-21(18)26-23(20)27-11-5-6-12-27/h3-4,7-10,13-14H,5-6,11-12,15H2,1-2H3,(H,25,28). The Morgan fingerprint density at radius 1 is 1.03 bits per heavy atom. The van der Waals surface area contributed by atoms with Crippen LogP contribution >= 0.6 is 0 Å². The minimum absolute atomic E-state index is 0.349. The molecule has 1 saturated heterocycles. The van der Waals surface area contributed by atoms with Gasteiger partial charge in [-0.1, -0.05) is 24.3 Å². The summed E-state index contributed by atoms with van der Waals surface area (Å²) in [5.41, 5.74) is 4.15. The highest BCUT2D eigenvalue weighted by Crippen LogP contribution is 2.27. The number of fused-ring (bicyclic) bond motifs is 1. The normalized spacial score (nSPS) is 13.5. The summed E-state index contributed by atoms with van der Waals surface area (Å²) < 4.78 is 5.35. The van der Waals surface area contributed by atoms with E-state index in [1.807, 2.05) is 56.3 Å². The maximum atomic E-state index is 12.9. The molecule has 0 aliphatic carbocycles. The third kappa shape index (κ3) is 4.27. The molecular formula is C24H25N3O3. The first-order valence-corrected chi connectivity index (χ1v) is 10.2. The SMILES string of the molecule is Cc1ccc(NC(=O)COC(=O)c2cc3ccccc3nc2N2CCCC2)cc1C. The summed E-state index contributed by atoms with van der Waals surface area (Å²) in [5.74, 6) is -0.278. The molecule has 6 nitrogen and oxygen atoms in total. The van der Waals surface area contributed by atoms with Crippen molar-refractivity contribution in [2.45, 2.75) is 26.7 Å². The molecule has 1 fully saturated rings. The van der Waals surface area contributed by atoms with E-state index >= 15 is 0 Å². The number of carbonyl (C=O) groups is 2. The number of benzene rings is 2. The molecule has 6 heteroatoms. The van der Waals surface area contributed by atoms with Gasteiger partial charge in [0.1, 0.15) is 11.4 Å². The maximum Gasteiger partial charge on any atom is 0.342 e. The first-order valence-electron chi connectivity index (χ1n) is 10.2. The molecule has 1 aromatic heterocycles. The molecule has 4 rings (SSSR count). The number of hydrogen-bond donors (Lipinski definition) is 1. The minimum Gasteiger partial charge on any atom is -0.452 e. The number of anilines is 2. The van der Waals surface area contributed by atoms with Crippen LogP contribution < -0.4 is 10.2 Å². The number of carbonyl (C=O) groups excluding carboxylic acids is 2. The first-order chi connectivity index (χ1) is 14.5. The number of ether oxygens (including phenoxy) is 1. The van der Waals surface area contributed by atoms with E-state index in [9.17, 15) is 9.59 Å². The van der Waals surface area contributed by atoms with E-state index < -0.39 is 5.97 Å². The van der Waals surface area contributed by atoms with Gasteiger partial charge in [0.05, 0.1) is 5.52 Å². The van der Waals surface area contributed by atoms with Gasteiger partial charge in [-0.3, -0.25) is 4.79 Å².